The Morgan fingerprint density at radius 2 is 1.72 bits per heavy atom. The van der Waals surface area contributed by atoms with Crippen LogP contribution >= 0.6 is 11.5 Å². The summed E-state index contributed by atoms with van der Waals surface area (Å²) in [5, 5.41) is 8.56. The van der Waals surface area contributed by atoms with Crippen molar-refractivity contribution in [3.8, 4) is 6.07 Å². The highest BCUT2D eigenvalue weighted by atomic mass is 32.1. The van der Waals surface area contributed by atoms with Crippen LogP contribution in [0, 0.1) is 11.3 Å². The Balaban J connectivity index is 0.000000157. The number of aromatic nitrogens is 2. The second kappa shape index (κ2) is 8.85. The van der Waals surface area contributed by atoms with E-state index in [0.29, 0.717) is 0 Å². The predicted molar refractivity (Wildman–Crippen MR) is 75.1 cm³/mol. The molecule has 0 aliphatic heterocycles. The van der Waals surface area contributed by atoms with Gasteiger partial charge in [-0.1, -0.05) is 24.3 Å². The van der Waals surface area contributed by atoms with Gasteiger partial charge in [-0.25, -0.2) is 0 Å². The lowest BCUT2D eigenvalue weighted by Gasteiger charge is -1.80. The Morgan fingerprint density at radius 3 is 2.22 bits per heavy atom. The number of rotatable bonds is 0. The summed E-state index contributed by atoms with van der Waals surface area (Å²) < 4.78 is 5.30. The van der Waals surface area contributed by atoms with E-state index in [4.69, 9.17) is 5.26 Å². The van der Waals surface area contributed by atoms with Crippen molar-refractivity contribution in [2.24, 2.45) is 0 Å². The summed E-state index contributed by atoms with van der Waals surface area (Å²) in [6.07, 6.45) is 5.39. The number of fused-ring (bicyclic) bond motifs is 1. The predicted octanol–water partition coefficient (Wildman–Crippen LogP) is 3.91. The van der Waals surface area contributed by atoms with Crippen molar-refractivity contribution >= 4 is 21.6 Å². The highest BCUT2D eigenvalue weighted by Gasteiger charge is 1.89. The molecular weight excluding hydrogens is 242 g/mol. The van der Waals surface area contributed by atoms with Crippen LogP contribution in [0.2, 0.25) is 0 Å². The van der Waals surface area contributed by atoms with Crippen LogP contribution in [0.25, 0.3) is 10.1 Å². The topological polar surface area (TPSA) is 49.6 Å². The third-order valence-corrected chi connectivity index (χ3v) is 2.61. The van der Waals surface area contributed by atoms with Crippen molar-refractivity contribution in [3.63, 3.8) is 0 Å². The number of nitriles is 1. The molecule has 0 aliphatic rings. The molecule has 1 aromatic carbocycles. The van der Waals surface area contributed by atoms with E-state index in [0.717, 1.165) is 0 Å². The molecule has 3 aromatic rings. The lowest BCUT2D eigenvalue weighted by Crippen LogP contribution is -1.58. The maximum atomic E-state index is 7.32. The van der Waals surface area contributed by atoms with Gasteiger partial charge >= 0.3 is 0 Å². The first-order valence-electron chi connectivity index (χ1n) is 5.33. The first-order valence-corrected chi connectivity index (χ1v) is 6.11. The fraction of sp³-hybridized carbons (Fsp3) is 0.0714. The highest BCUT2D eigenvalue weighted by Crippen LogP contribution is 2.15. The quantitative estimate of drug-likeness (QED) is 0.612. The maximum absolute atomic E-state index is 7.32. The van der Waals surface area contributed by atoms with E-state index >= 15 is 0 Å². The molecule has 2 heterocycles. The number of pyridine rings is 1. The van der Waals surface area contributed by atoms with E-state index in [1.165, 1.54) is 28.5 Å². The SMILES string of the molecule is CC#N.c1ccc2sncc2c1.c1ccncc1. The lowest BCUT2D eigenvalue weighted by molar-refractivity contribution is 1.33. The van der Waals surface area contributed by atoms with Crippen LogP contribution < -0.4 is 0 Å². The fourth-order valence-electron chi connectivity index (χ4n) is 1.12. The van der Waals surface area contributed by atoms with Gasteiger partial charge in [0.25, 0.3) is 0 Å². The van der Waals surface area contributed by atoms with Crippen molar-refractivity contribution in [3.05, 3.63) is 61.1 Å². The van der Waals surface area contributed by atoms with Gasteiger partial charge in [0, 0.05) is 30.9 Å². The molecule has 3 nitrogen and oxygen atoms in total. The molecule has 0 aliphatic carbocycles. The minimum absolute atomic E-state index is 1.24. The molecule has 3 rings (SSSR count). The molecule has 0 spiro atoms. The van der Waals surface area contributed by atoms with E-state index in [1.54, 1.807) is 18.5 Å². The van der Waals surface area contributed by atoms with Gasteiger partial charge in [-0.05, 0) is 29.7 Å². The zero-order chi connectivity index (χ0) is 13.1. The average molecular weight is 255 g/mol. The van der Waals surface area contributed by atoms with Crippen LogP contribution in [0.15, 0.2) is 61.1 Å². The highest BCUT2D eigenvalue weighted by molar-refractivity contribution is 7.13. The molecule has 90 valence electrons. The number of hydrogen-bond acceptors (Lipinski definition) is 4. The molecular formula is C14H13N3S. The maximum Gasteiger partial charge on any atom is 0.0587 e. The normalized spacial score (nSPS) is 8.22. The largest absolute Gasteiger partial charge is 0.265 e. The monoisotopic (exact) mass is 255 g/mol. The van der Waals surface area contributed by atoms with Gasteiger partial charge < -0.3 is 0 Å². The van der Waals surface area contributed by atoms with Crippen molar-refractivity contribution in [2.45, 2.75) is 6.92 Å². The molecule has 0 amide bonds. The van der Waals surface area contributed by atoms with Crippen molar-refractivity contribution in [1.82, 2.24) is 9.36 Å². The van der Waals surface area contributed by atoms with Gasteiger partial charge in [-0.15, -0.1) is 0 Å². The van der Waals surface area contributed by atoms with Gasteiger partial charge in [-0.3, -0.25) is 4.98 Å². The summed E-state index contributed by atoms with van der Waals surface area (Å²) >= 11 is 1.54. The molecule has 4 heteroatoms. The molecule has 0 fully saturated rings. The smallest absolute Gasteiger partial charge is 0.0587 e. The second-order valence-corrected chi connectivity index (χ2v) is 3.95. The Bertz CT molecular complexity index is 528. The zero-order valence-electron chi connectivity index (χ0n) is 10.0. The average Bonchev–Trinajstić information content (AvgIpc) is 2.91. The van der Waals surface area contributed by atoms with Gasteiger partial charge in [-0.2, -0.15) is 9.64 Å². The van der Waals surface area contributed by atoms with Crippen LogP contribution in [-0.4, -0.2) is 9.36 Å². The second-order valence-electron chi connectivity index (χ2n) is 3.11. The molecule has 0 saturated heterocycles. The van der Waals surface area contributed by atoms with Crippen LogP contribution in [0.4, 0.5) is 0 Å². The Hall–Kier alpha value is -2.25. The van der Waals surface area contributed by atoms with Crippen molar-refractivity contribution < 1.29 is 0 Å². The van der Waals surface area contributed by atoms with Gasteiger partial charge in [0.1, 0.15) is 0 Å². The number of benzene rings is 1. The Labute approximate surface area is 111 Å². The summed E-state index contributed by atoms with van der Waals surface area (Å²) in [6.45, 7) is 1.43. The Morgan fingerprint density at radius 1 is 1.06 bits per heavy atom. The van der Waals surface area contributed by atoms with E-state index in [-0.39, 0.29) is 0 Å². The lowest BCUT2D eigenvalue weighted by atomic mass is 10.3. The summed E-state index contributed by atoms with van der Waals surface area (Å²) in [5.41, 5.74) is 0. The molecule has 0 N–H and O–H groups in total. The van der Waals surface area contributed by atoms with Crippen LogP contribution in [0.5, 0.6) is 0 Å². The summed E-state index contributed by atoms with van der Waals surface area (Å²) in [5.74, 6) is 0. The molecule has 0 saturated carbocycles. The first kappa shape index (κ1) is 13.8. The van der Waals surface area contributed by atoms with Crippen molar-refractivity contribution in [2.75, 3.05) is 0 Å². The summed E-state index contributed by atoms with van der Waals surface area (Å²) in [6, 6.07) is 15.7. The third-order valence-electron chi connectivity index (χ3n) is 1.83. The summed E-state index contributed by atoms with van der Waals surface area (Å²) in [7, 11) is 0. The zero-order valence-corrected chi connectivity index (χ0v) is 10.8. The van der Waals surface area contributed by atoms with E-state index < -0.39 is 0 Å². The molecule has 2 aromatic heterocycles. The van der Waals surface area contributed by atoms with E-state index in [1.807, 2.05) is 36.5 Å². The molecule has 0 bridgehead atoms. The van der Waals surface area contributed by atoms with Gasteiger partial charge in [0.15, 0.2) is 0 Å². The van der Waals surface area contributed by atoms with Crippen LogP contribution in [0.3, 0.4) is 0 Å². The van der Waals surface area contributed by atoms with Crippen LogP contribution in [-0.2, 0) is 0 Å². The molecule has 0 unspecified atom stereocenters. The molecule has 18 heavy (non-hydrogen) atoms. The van der Waals surface area contributed by atoms with E-state index in [9.17, 15) is 0 Å². The van der Waals surface area contributed by atoms with Crippen molar-refractivity contribution in [1.29, 1.82) is 5.26 Å². The number of hydrogen-bond donors (Lipinski definition) is 0. The minimum Gasteiger partial charge on any atom is -0.265 e. The van der Waals surface area contributed by atoms with Crippen LogP contribution in [0.1, 0.15) is 6.92 Å². The minimum atomic E-state index is 1.24. The third kappa shape index (κ3) is 5.19. The molecule has 0 atom stereocenters. The fourth-order valence-corrected chi connectivity index (χ4v) is 1.77. The van der Waals surface area contributed by atoms with Gasteiger partial charge in [0.05, 0.1) is 10.8 Å². The van der Waals surface area contributed by atoms with Gasteiger partial charge in [0.2, 0.25) is 0 Å². The standard InChI is InChI=1S/C7H5NS.C5H5N.C2H3N/c1-2-4-7-6(3-1)5-8-9-7;1-2-4-6-5-3-1;1-2-3/h1-5H;1-5H;1H3. The number of nitrogens with zero attached hydrogens (tertiary/aromatic N) is 3. The Kier molecular flexibility index (Phi) is 6.79. The molecule has 0 radical (unpaired) electrons. The summed E-state index contributed by atoms with van der Waals surface area (Å²) in [4.78, 5) is 3.78. The first-order chi connectivity index (χ1) is 8.88. The van der Waals surface area contributed by atoms with E-state index in [2.05, 4.69) is 21.5 Å².